The SMILES string of the molecule is CCNC(=O)CNc1c(Cl)cc(Br)cc1Cl. The minimum absolute atomic E-state index is 0.0995. The first-order valence-electron chi connectivity index (χ1n) is 4.69. The second-order valence-electron chi connectivity index (χ2n) is 3.05. The van der Waals surface area contributed by atoms with Crippen molar-refractivity contribution in [3.63, 3.8) is 0 Å². The average molecular weight is 326 g/mol. The van der Waals surface area contributed by atoms with Crippen LogP contribution in [-0.2, 0) is 4.79 Å². The standard InChI is InChI=1S/C10H11BrCl2N2O/c1-2-14-9(16)5-15-10-7(12)3-6(11)4-8(10)13/h3-4,15H,2,5H2,1H3,(H,14,16). The Kier molecular flexibility index (Phi) is 5.38. The molecule has 0 heterocycles. The highest BCUT2D eigenvalue weighted by atomic mass is 79.9. The van der Waals surface area contributed by atoms with Crippen LogP contribution < -0.4 is 10.6 Å². The molecule has 1 amide bonds. The van der Waals surface area contributed by atoms with Gasteiger partial charge in [0.25, 0.3) is 0 Å². The van der Waals surface area contributed by atoms with Crippen LogP contribution in [0.2, 0.25) is 10.0 Å². The Morgan fingerprint density at radius 2 is 1.94 bits per heavy atom. The number of rotatable bonds is 4. The van der Waals surface area contributed by atoms with Crippen LogP contribution in [0.15, 0.2) is 16.6 Å². The highest BCUT2D eigenvalue weighted by Crippen LogP contribution is 2.33. The molecule has 1 aromatic carbocycles. The largest absolute Gasteiger partial charge is 0.374 e. The summed E-state index contributed by atoms with van der Waals surface area (Å²) >= 11 is 15.2. The first kappa shape index (κ1) is 13.6. The van der Waals surface area contributed by atoms with Crippen molar-refractivity contribution in [2.45, 2.75) is 6.92 Å². The molecule has 0 spiro atoms. The minimum atomic E-state index is -0.0995. The van der Waals surface area contributed by atoms with Crippen LogP contribution in [0.4, 0.5) is 5.69 Å². The summed E-state index contributed by atoms with van der Waals surface area (Å²) in [5, 5.41) is 6.52. The van der Waals surface area contributed by atoms with Crippen LogP contribution in [0.1, 0.15) is 6.92 Å². The molecule has 0 aromatic heterocycles. The van der Waals surface area contributed by atoms with Crippen molar-refractivity contribution < 1.29 is 4.79 Å². The van der Waals surface area contributed by atoms with E-state index in [1.807, 2.05) is 6.92 Å². The van der Waals surface area contributed by atoms with E-state index >= 15 is 0 Å². The van der Waals surface area contributed by atoms with E-state index in [-0.39, 0.29) is 12.5 Å². The number of benzene rings is 1. The number of likely N-dealkylation sites (N-methyl/N-ethyl adjacent to an activating group) is 1. The molecule has 0 bridgehead atoms. The summed E-state index contributed by atoms with van der Waals surface area (Å²) < 4.78 is 0.797. The molecule has 0 aliphatic rings. The predicted octanol–water partition coefficient (Wildman–Crippen LogP) is 3.30. The van der Waals surface area contributed by atoms with Gasteiger partial charge in [0.2, 0.25) is 5.91 Å². The zero-order valence-electron chi connectivity index (χ0n) is 8.61. The van der Waals surface area contributed by atoms with E-state index in [2.05, 4.69) is 26.6 Å². The molecule has 0 aliphatic carbocycles. The van der Waals surface area contributed by atoms with E-state index in [0.29, 0.717) is 22.3 Å². The Hall–Kier alpha value is -0.450. The van der Waals surface area contributed by atoms with E-state index in [9.17, 15) is 4.79 Å². The van der Waals surface area contributed by atoms with Gasteiger partial charge in [-0.15, -0.1) is 0 Å². The molecule has 0 saturated carbocycles. The van der Waals surface area contributed by atoms with Gasteiger partial charge in [0.15, 0.2) is 0 Å². The number of carbonyl (C=O) groups is 1. The summed E-state index contributed by atoms with van der Waals surface area (Å²) in [5.74, 6) is -0.0995. The fourth-order valence-corrected chi connectivity index (χ4v) is 2.48. The minimum Gasteiger partial charge on any atom is -0.374 e. The van der Waals surface area contributed by atoms with Gasteiger partial charge in [0.1, 0.15) is 0 Å². The monoisotopic (exact) mass is 324 g/mol. The zero-order valence-corrected chi connectivity index (χ0v) is 11.7. The van der Waals surface area contributed by atoms with Gasteiger partial charge in [0.05, 0.1) is 22.3 Å². The fourth-order valence-electron chi connectivity index (χ4n) is 1.14. The van der Waals surface area contributed by atoms with Crippen molar-refractivity contribution in [1.29, 1.82) is 0 Å². The van der Waals surface area contributed by atoms with Crippen molar-refractivity contribution >= 4 is 50.7 Å². The second-order valence-corrected chi connectivity index (χ2v) is 4.78. The molecule has 16 heavy (non-hydrogen) atoms. The lowest BCUT2D eigenvalue weighted by atomic mass is 10.3. The topological polar surface area (TPSA) is 41.1 Å². The smallest absolute Gasteiger partial charge is 0.239 e. The van der Waals surface area contributed by atoms with Gasteiger partial charge in [-0.05, 0) is 19.1 Å². The number of amides is 1. The van der Waals surface area contributed by atoms with Gasteiger partial charge in [-0.3, -0.25) is 4.79 Å². The third-order valence-corrected chi connectivity index (χ3v) is 2.86. The molecular weight excluding hydrogens is 315 g/mol. The predicted molar refractivity (Wildman–Crippen MR) is 71.3 cm³/mol. The maximum absolute atomic E-state index is 11.2. The molecule has 0 saturated heterocycles. The van der Waals surface area contributed by atoms with Crippen LogP contribution in [0.3, 0.4) is 0 Å². The maximum Gasteiger partial charge on any atom is 0.239 e. The molecule has 1 aromatic rings. The van der Waals surface area contributed by atoms with Crippen LogP contribution in [0.25, 0.3) is 0 Å². The Bertz CT molecular complexity index is 375. The Morgan fingerprint density at radius 3 is 2.44 bits per heavy atom. The Balaban J connectivity index is 2.70. The van der Waals surface area contributed by atoms with Gasteiger partial charge >= 0.3 is 0 Å². The lowest BCUT2D eigenvalue weighted by Gasteiger charge is -2.10. The van der Waals surface area contributed by atoms with Crippen LogP contribution >= 0.6 is 39.1 Å². The van der Waals surface area contributed by atoms with Crippen LogP contribution in [0.5, 0.6) is 0 Å². The van der Waals surface area contributed by atoms with Gasteiger partial charge in [-0.25, -0.2) is 0 Å². The van der Waals surface area contributed by atoms with Gasteiger partial charge in [0, 0.05) is 11.0 Å². The number of anilines is 1. The van der Waals surface area contributed by atoms with E-state index in [4.69, 9.17) is 23.2 Å². The fraction of sp³-hybridized carbons (Fsp3) is 0.300. The van der Waals surface area contributed by atoms with Crippen LogP contribution in [-0.4, -0.2) is 19.0 Å². The number of halogens is 3. The van der Waals surface area contributed by atoms with E-state index in [0.717, 1.165) is 4.47 Å². The highest BCUT2D eigenvalue weighted by molar-refractivity contribution is 9.10. The van der Waals surface area contributed by atoms with Gasteiger partial charge in [-0.1, -0.05) is 39.1 Å². The summed E-state index contributed by atoms with van der Waals surface area (Å²) in [6.07, 6.45) is 0. The molecule has 0 aliphatic heterocycles. The molecule has 0 unspecified atom stereocenters. The van der Waals surface area contributed by atoms with Crippen LogP contribution in [0, 0.1) is 0 Å². The Morgan fingerprint density at radius 1 is 1.38 bits per heavy atom. The van der Waals surface area contributed by atoms with E-state index in [1.54, 1.807) is 12.1 Å². The van der Waals surface area contributed by atoms with Crippen molar-refractivity contribution in [1.82, 2.24) is 5.32 Å². The summed E-state index contributed by atoms with van der Waals surface area (Å²) in [5.41, 5.74) is 0.567. The molecule has 6 heteroatoms. The third-order valence-electron chi connectivity index (χ3n) is 1.81. The number of hydrogen-bond donors (Lipinski definition) is 2. The number of nitrogens with one attached hydrogen (secondary N) is 2. The second kappa shape index (κ2) is 6.33. The van der Waals surface area contributed by atoms with Gasteiger partial charge in [-0.2, -0.15) is 0 Å². The summed E-state index contributed by atoms with van der Waals surface area (Å²) in [6.45, 7) is 2.61. The van der Waals surface area contributed by atoms with Crippen molar-refractivity contribution in [2.75, 3.05) is 18.4 Å². The maximum atomic E-state index is 11.2. The van der Waals surface area contributed by atoms with E-state index in [1.165, 1.54) is 0 Å². The lowest BCUT2D eigenvalue weighted by Crippen LogP contribution is -2.29. The van der Waals surface area contributed by atoms with Crippen molar-refractivity contribution in [3.8, 4) is 0 Å². The first-order valence-corrected chi connectivity index (χ1v) is 6.24. The summed E-state index contributed by atoms with van der Waals surface area (Å²) in [4.78, 5) is 11.2. The molecule has 0 atom stereocenters. The normalized spacial score (nSPS) is 10.0. The molecule has 0 fully saturated rings. The lowest BCUT2D eigenvalue weighted by molar-refractivity contribution is -0.119. The van der Waals surface area contributed by atoms with Gasteiger partial charge < -0.3 is 10.6 Å². The summed E-state index contributed by atoms with van der Waals surface area (Å²) in [6, 6.07) is 3.43. The van der Waals surface area contributed by atoms with E-state index < -0.39 is 0 Å². The first-order chi connectivity index (χ1) is 7.54. The molecular formula is C10H11BrCl2N2O. The number of carbonyl (C=O) groups excluding carboxylic acids is 1. The molecule has 1 rings (SSSR count). The average Bonchev–Trinajstić information content (AvgIpc) is 2.16. The van der Waals surface area contributed by atoms with Crippen molar-refractivity contribution in [3.05, 3.63) is 26.7 Å². The zero-order chi connectivity index (χ0) is 12.1. The number of hydrogen-bond acceptors (Lipinski definition) is 2. The molecule has 2 N–H and O–H groups in total. The molecule has 0 radical (unpaired) electrons. The Labute approximate surface area is 113 Å². The van der Waals surface area contributed by atoms with Crippen molar-refractivity contribution in [2.24, 2.45) is 0 Å². The third kappa shape index (κ3) is 3.85. The summed E-state index contributed by atoms with van der Waals surface area (Å²) in [7, 11) is 0. The molecule has 3 nitrogen and oxygen atoms in total. The highest BCUT2D eigenvalue weighted by Gasteiger charge is 2.08. The quantitative estimate of drug-likeness (QED) is 0.891. The molecule has 88 valence electrons.